The molecule has 1 aromatic rings. The fourth-order valence-corrected chi connectivity index (χ4v) is 3.04. The first-order valence-electron chi connectivity index (χ1n) is 8.37. The summed E-state index contributed by atoms with van der Waals surface area (Å²) in [7, 11) is 0. The summed E-state index contributed by atoms with van der Waals surface area (Å²) in [6.07, 6.45) is 10.1. The predicted molar refractivity (Wildman–Crippen MR) is 93.1 cm³/mol. The molecule has 0 fully saturated rings. The average molecular weight is 358 g/mol. The lowest BCUT2D eigenvalue weighted by Gasteiger charge is -2.19. The second-order valence-corrected chi connectivity index (χ2v) is 6.60. The molecule has 0 aliphatic carbocycles. The molecule has 0 spiro atoms. The Bertz CT molecular complexity index is 395. The highest BCUT2D eigenvalue weighted by atomic mass is 79.9. The van der Waals surface area contributed by atoms with Crippen molar-refractivity contribution in [3.8, 4) is 0 Å². The van der Waals surface area contributed by atoms with Crippen LogP contribution in [0.4, 0.5) is 4.39 Å². The highest BCUT2D eigenvalue weighted by molar-refractivity contribution is 9.10. The Morgan fingerprint density at radius 2 is 1.71 bits per heavy atom. The average Bonchev–Trinajstić information content (AvgIpc) is 2.45. The summed E-state index contributed by atoms with van der Waals surface area (Å²) in [6.45, 7) is 5.19. The van der Waals surface area contributed by atoms with Crippen LogP contribution < -0.4 is 5.32 Å². The molecule has 0 aromatic heterocycles. The van der Waals surface area contributed by atoms with Crippen molar-refractivity contribution in [1.82, 2.24) is 5.32 Å². The summed E-state index contributed by atoms with van der Waals surface area (Å²) in [5.74, 6) is -0.113. The van der Waals surface area contributed by atoms with Crippen molar-refractivity contribution in [2.24, 2.45) is 0 Å². The topological polar surface area (TPSA) is 12.0 Å². The lowest BCUT2D eigenvalue weighted by molar-refractivity contribution is 0.457. The van der Waals surface area contributed by atoms with Crippen LogP contribution in [0.5, 0.6) is 0 Å². The molecule has 120 valence electrons. The third-order valence-electron chi connectivity index (χ3n) is 3.88. The van der Waals surface area contributed by atoms with Crippen molar-refractivity contribution in [2.75, 3.05) is 6.54 Å². The number of unbranched alkanes of at least 4 members (excludes halogenated alkanes) is 6. The van der Waals surface area contributed by atoms with Crippen LogP contribution in [0, 0.1) is 5.82 Å². The van der Waals surface area contributed by atoms with Gasteiger partial charge in [0.05, 0.1) is 0 Å². The van der Waals surface area contributed by atoms with E-state index in [1.54, 1.807) is 6.07 Å². The first-order chi connectivity index (χ1) is 10.2. The van der Waals surface area contributed by atoms with E-state index in [0.29, 0.717) is 0 Å². The summed E-state index contributed by atoms with van der Waals surface area (Å²) >= 11 is 3.32. The first-order valence-corrected chi connectivity index (χ1v) is 9.16. The molecule has 1 nitrogen and oxygen atoms in total. The third kappa shape index (κ3) is 7.42. The van der Waals surface area contributed by atoms with Gasteiger partial charge in [-0.15, -0.1) is 0 Å². The fraction of sp³-hybridized carbons (Fsp3) is 0.667. The van der Waals surface area contributed by atoms with Crippen LogP contribution in [0.1, 0.15) is 76.8 Å². The van der Waals surface area contributed by atoms with Crippen molar-refractivity contribution in [1.29, 1.82) is 0 Å². The standard InChI is InChI=1S/C18H29BrFN/c1-3-5-6-7-8-9-10-11-18(21-4-2)16-13-12-15(19)14-17(16)20/h12-14,18,21H,3-11H2,1-2H3. The van der Waals surface area contributed by atoms with Crippen molar-refractivity contribution in [3.05, 3.63) is 34.1 Å². The summed E-state index contributed by atoms with van der Waals surface area (Å²) in [5.41, 5.74) is 0.797. The number of halogens is 2. The molecule has 1 aromatic carbocycles. The maximum atomic E-state index is 14.1. The summed E-state index contributed by atoms with van der Waals surface area (Å²) in [6, 6.07) is 5.52. The Balaban J connectivity index is 2.39. The monoisotopic (exact) mass is 357 g/mol. The third-order valence-corrected chi connectivity index (χ3v) is 4.38. The quantitative estimate of drug-likeness (QED) is 0.453. The van der Waals surface area contributed by atoms with E-state index in [-0.39, 0.29) is 11.9 Å². The van der Waals surface area contributed by atoms with E-state index in [4.69, 9.17) is 0 Å². The summed E-state index contributed by atoms with van der Waals surface area (Å²) in [5, 5.41) is 3.42. The Hall–Kier alpha value is -0.410. The number of hydrogen-bond acceptors (Lipinski definition) is 1. The van der Waals surface area contributed by atoms with Crippen LogP contribution in [-0.4, -0.2) is 6.54 Å². The molecule has 1 rings (SSSR count). The molecule has 1 N–H and O–H groups in total. The Morgan fingerprint density at radius 3 is 2.33 bits per heavy atom. The molecular formula is C18H29BrFN. The summed E-state index contributed by atoms with van der Waals surface area (Å²) in [4.78, 5) is 0. The van der Waals surface area contributed by atoms with Gasteiger partial charge in [0, 0.05) is 16.1 Å². The number of hydrogen-bond donors (Lipinski definition) is 1. The van der Waals surface area contributed by atoms with Crippen molar-refractivity contribution in [2.45, 2.75) is 71.3 Å². The van der Waals surface area contributed by atoms with Gasteiger partial charge in [0.25, 0.3) is 0 Å². The smallest absolute Gasteiger partial charge is 0.129 e. The van der Waals surface area contributed by atoms with Gasteiger partial charge >= 0.3 is 0 Å². The molecule has 0 saturated carbocycles. The van der Waals surface area contributed by atoms with Crippen molar-refractivity contribution in [3.63, 3.8) is 0 Å². The molecule has 0 aliphatic rings. The molecule has 3 heteroatoms. The molecule has 0 amide bonds. The van der Waals surface area contributed by atoms with E-state index in [1.165, 1.54) is 44.9 Å². The Morgan fingerprint density at radius 1 is 1.05 bits per heavy atom. The van der Waals surface area contributed by atoms with Gasteiger partial charge in [-0.25, -0.2) is 4.39 Å². The lowest BCUT2D eigenvalue weighted by atomic mass is 9.99. The maximum Gasteiger partial charge on any atom is 0.129 e. The van der Waals surface area contributed by atoms with E-state index in [0.717, 1.165) is 23.0 Å². The highest BCUT2D eigenvalue weighted by Gasteiger charge is 2.14. The molecule has 1 unspecified atom stereocenters. The van der Waals surface area contributed by atoms with Crippen LogP contribution in [-0.2, 0) is 0 Å². The van der Waals surface area contributed by atoms with Crippen molar-refractivity contribution >= 4 is 15.9 Å². The zero-order chi connectivity index (χ0) is 15.5. The molecule has 0 radical (unpaired) electrons. The van der Waals surface area contributed by atoms with E-state index in [1.807, 2.05) is 12.1 Å². The minimum absolute atomic E-state index is 0.113. The van der Waals surface area contributed by atoms with Crippen LogP contribution in [0.15, 0.2) is 22.7 Å². The van der Waals surface area contributed by atoms with Gasteiger partial charge in [-0.2, -0.15) is 0 Å². The number of rotatable bonds is 11. The zero-order valence-electron chi connectivity index (χ0n) is 13.4. The van der Waals surface area contributed by atoms with Crippen LogP contribution in [0.3, 0.4) is 0 Å². The molecular weight excluding hydrogens is 329 g/mol. The van der Waals surface area contributed by atoms with Gasteiger partial charge in [0.1, 0.15) is 5.82 Å². The van der Waals surface area contributed by atoms with Gasteiger partial charge in [0.15, 0.2) is 0 Å². The van der Waals surface area contributed by atoms with Gasteiger partial charge < -0.3 is 5.32 Å². The van der Waals surface area contributed by atoms with E-state index in [2.05, 4.69) is 35.1 Å². The predicted octanol–water partition coefficient (Wildman–Crippen LogP) is 6.38. The van der Waals surface area contributed by atoms with E-state index in [9.17, 15) is 4.39 Å². The van der Waals surface area contributed by atoms with Crippen molar-refractivity contribution < 1.29 is 4.39 Å². The van der Waals surface area contributed by atoms with Gasteiger partial charge in [-0.3, -0.25) is 0 Å². The van der Waals surface area contributed by atoms with Gasteiger partial charge in [-0.1, -0.05) is 80.8 Å². The minimum atomic E-state index is -0.113. The molecule has 21 heavy (non-hydrogen) atoms. The number of benzene rings is 1. The van der Waals surface area contributed by atoms with Crippen LogP contribution in [0.25, 0.3) is 0 Å². The minimum Gasteiger partial charge on any atom is -0.310 e. The molecule has 0 heterocycles. The van der Waals surface area contributed by atoms with Gasteiger partial charge in [0.2, 0.25) is 0 Å². The molecule has 0 saturated heterocycles. The highest BCUT2D eigenvalue weighted by Crippen LogP contribution is 2.25. The summed E-state index contributed by atoms with van der Waals surface area (Å²) < 4.78 is 14.9. The molecule has 0 aliphatic heterocycles. The van der Waals surface area contributed by atoms with Crippen LogP contribution in [0.2, 0.25) is 0 Å². The Labute approximate surface area is 137 Å². The number of nitrogens with one attached hydrogen (secondary N) is 1. The van der Waals surface area contributed by atoms with E-state index >= 15 is 0 Å². The van der Waals surface area contributed by atoms with Gasteiger partial charge in [-0.05, 0) is 25.1 Å². The fourth-order valence-electron chi connectivity index (χ4n) is 2.70. The largest absolute Gasteiger partial charge is 0.310 e. The van der Waals surface area contributed by atoms with E-state index < -0.39 is 0 Å². The molecule has 0 bridgehead atoms. The second kappa shape index (κ2) is 11.2. The maximum absolute atomic E-state index is 14.1. The first kappa shape index (κ1) is 18.6. The molecule has 1 atom stereocenters. The lowest BCUT2D eigenvalue weighted by Crippen LogP contribution is -2.21. The normalized spacial score (nSPS) is 12.6. The zero-order valence-corrected chi connectivity index (χ0v) is 15.0. The SMILES string of the molecule is CCCCCCCCCC(NCC)c1ccc(Br)cc1F. The Kier molecular flexibility index (Phi) is 9.94. The van der Waals surface area contributed by atoms with Crippen LogP contribution >= 0.6 is 15.9 Å². The second-order valence-electron chi connectivity index (χ2n) is 5.69.